The van der Waals surface area contributed by atoms with Crippen molar-refractivity contribution in [3.8, 4) is 11.5 Å². The molecule has 0 aliphatic rings. The van der Waals surface area contributed by atoms with Crippen LogP contribution >= 0.6 is 22.6 Å². The summed E-state index contributed by atoms with van der Waals surface area (Å²) in [7, 11) is 0. The number of nitrogens with zero attached hydrogens (tertiary/aromatic N) is 1. The third-order valence-electron chi connectivity index (χ3n) is 2.85. The fourth-order valence-corrected chi connectivity index (χ4v) is 2.26. The highest BCUT2D eigenvalue weighted by molar-refractivity contribution is 14.1. The topological polar surface area (TPSA) is 48.1 Å². The lowest BCUT2D eigenvalue weighted by Gasteiger charge is -2.10. The average Bonchev–Trinajstić information content (AvgIpc) is 2.45. The summed E-state index contributed by atoms with van der Waals surface area (Å²) in [6.45, 7) is 0. The lowest BCUT2D eigenvalue weighted by Crippen LogP contribution is -1.91. The molecule has 2 aromatic carbocycles. The first-order valence-electron chi connectivity index (χ1n) is 5.80. The Labute approximate surface area is 124 Å². The van der Waals surface area contributed by atoms with Crippen molar-refractivity contribution in [2.75, 3.05) is 5.73 Å². The van der Waals surface area contributed by atoms with E-state index in [1.165, 1.54) is 3.57 Å². The molecule has 94 valence electrons. The van der Waals surface area contributed by atoms with E-state index in [9.17, 15) is 0 Å². The van der Waals surface area contributed by atoms with E-state index in [4.69, 9.17) is 10.5 Å². The van der Waals surface area contributed by atoms with Crippen LogP contribution in [-0.4, -0.2) is 4.98 Å². The van der Waals surface area contributed by atoms with Gasteiger partial charge in [0.1, 0.15) is 11.5 Å². The summed E-state index contributed by atoms with van der Waals surface area (Å²) in [5.41, 5.74) is 6.65. The molecule has 0 saturated heterocycles. The Morgan fingerprint density at radius 2 is 1.74 bits per heavy atom. The molecule has 0 spiro atoms. The van der Waals surface area contributed by atoms with Crippen molar-refractivity contribution in [3.05, 3.63) is 58.4 Å². The zero-order chi connectivity index (χ0) is 13.2. The number of pyridine rings is 1. The minimum atomic E-state index is 0.707. The maximum atomic E-state index is 5.94. The summed E-state index contributed by atoms with van der Waals surface area (Å²) < 4.78 is 7.09. The molecule has 0 amide bonds. The van der Waals surface area contributed by atoms with Crippen LogP contribution in [0.1, 0.15) is 0 Å². The van der Waals surface area contributed by atoms with E-state index in [1.807, 2.05) is 42.5 Å². The van der Waals surface area contributed by atoms with Gasteiger partial charge in [0.25, 0.3) is 0 Å². The highest BCUT2D eigenvalue weighted by Gasteiger charge is 2.06. The Bertz CT molecular complexity index is 726. The van der Waals surface area contributed by atoms with E-state index in [1.54, 1.807) is 12.4 Å². The Hall–Kier alpha value is -1.82. The van der Waals surface area contributed by atoms with Crippen LogP contribution in [0.4, 0.5) is 5.69 Å². The number of hydrogen-bond donors (Lipinski definition) is 1. The van der Waals surface area contributed by atoms with Gasteiger partial charge < -0.3 is 10.5 Å². The van der Waals surface area contributed by atoms with Gasteiger partial charge in [0.05, 0.1) is 0 Å². The van der Waals surface area contributed by atoms with Crippen LogP contribution in [0.25, 0.3) is 10.8 Å². The number of nitrogen functional groups attached to an aromatic ring is 1. The van der Waals surface area contributed by atoms with Crippen LogP contribution in [-0.2, 0) is 0 Å². The van der Waals surface area contributed by atoms with Gasteiger partial charge >= 0.3 is 0 Å². The van der Waals surface area contributed by atoms with Gasteiger partial charge in [-0.25, -0.2) is 0 Å². The quantitative estimate of drug-likeness (QED) is 0.549. The van der Waals surface area contributed by atoms with Gasteiger partial charge in [-0.1, -0.05) is 0 Å². The van der Waals surface area contributed by atoms with Gasteiger partial charge in [-0.05, 0) is 65.1 Å². The molecule has 2 N–H and O–H groups in total. The highest BCUT2D eigenvalue weighted by atomic mass is 127. The lowest BCUT2D eigenvalue weighted by molar-refractivity contribution is 0.488. The van der Waals surface area contributed by atoms with Crippen LogP contribution in [0.15, 0.2) is 54.9 Å². The van der Waals surface area contributed by atoms with Crippen molar-refractivity contribution in [1.82, 2.24) is 4.98 Å². The molecule has 19 heavy (non-hydrogen) atoms. The average molecular weight is 362 g/mol. The van der Waals surface area contributed by atoms with Crippen LogP contribution in [0.3, 0.4) is 0 Å². The van der Waals surface area contributed by atoms with Gasteiger partial charge in [-0.2, -0.15) is 0 Å². The number of benzene rings is 2. The molecule has 0 fully saturated rings. The van der Waals surface area contributed by atoms with E-state index >= 15 is 0 Å². The zero-order valence-corrected chi connectivity index (χ0v) is 12.2. The largest absolute Gasteiger partial charge is 0.457 e. The number of fused-ring (bicyclic) bond motifs is 1. The Morgan fingerprint density at radius 3 is 2.53 bits per heavy atom. The van der Waals surface area contributed by atoms with Crippen LogP contribution < -0.4 is 10.5 Å². The third-order valence-corrected chi connectivity index (χ3v) is 3.57. The highest BCUT2D eigenvalue weighted by Crippen LogP contribution is 2.32. The van der Waals surface area contributed by atoms with Gasteiger partial charge in [-0.15, -0.1) is 0 Å². The van der Waals surface area contributed by atoms with E-state index in [0.29, 0.717) is 5.69 Å². The number of nitrogens with two attached hydrogens (primary N) is 1. The monoisotopic (exact) mass is 362 g/mol. The SMILES string of the molecule is Nc1ccc(Oc2ccc(I)cc2)c2ccncc12. The second-order valence-corrected chi connectivity index (χ2v) is 5.38. The zero-order valence-electron chi connectivity index (χ0n) is 10.0. The molecule has 0 unspecified atom stereocenters. The molecule has 1 heterocycles. The van der Waals surface area contributed by atoms with Crippen molar-refractivity contribution in [2.24, 2.45) is 0 Å². The normalized spacial score (nSPS) is 10.6. The summed E-state index contributed by atoms with van der Waals surface area (Å²) in [6.07, 6.45) is 3.49. The molecule has 1 aromatic heterocycles. The second-order valence-electron chi connectivity index (χ2n) is 4.13. The summed E-state index contributed by atoms with van der Waals surface area (Å²) in [6, 6.07) is 13.6. The molecule has 3 aromatic rings. The van der Waals surface area contributed by atoms with Gasteiger partial charge in [0.2, 0.25) is 0 Å². The number of aromatic nitrogens is 1. The molecule has 4 heteroatoms. The number of anilines is 1. The number of hydrogen-bond acceptors (Lipinski definition) is 3. The minimum Gasteiger partial charge on any atom is -0.457 e. The maximum Gasteiger partial charge on any atom is 0.135 e. The standard InChI is InChI=1S/C15H11IN2O/c16-10-1-3-11(4-2-10)19-15-6-5-14(17)13-9-18-8-7-12(13)15/h1-9H,17H2. The van der Waals surface area contributed by atoms with Gasteiger partial charge in [0.15, 0.2) is 0 Å². The van der Waals surface area contributed by atoms with Crippen LogP contribution in [0, 0.1) is 3.57 Å². The Balaban J connectivity index is 2.06. The second kappa shape index (κ2) is 5.05. The minimum absolute atomic E-state index is 0.707. The Kier molecular flexibility index (Phi) is 3.25. The van der Waals surface area contributed by atoms with E-state index in [0.717, 1.165) is 22.3 Å². The van der Waals surface area contributed by atoms with Crippen molar-refractivity contribution in [1.29, 1.82) is 0 Å². The van der Waals surface area contributed by atoms with E-state index < -0.39 is 0 Å². The number of rotatable bonds is 2. The first-order valence-corrected chi connectivity index (χ1v) is 6.87. The summed E-state index contributed by atoms with van der Waals surface area (Å²) in [4.78, 5) is 4.10. The van der Waals surface area contributed by atoms with Crippen LogP contribution in [0.5, 0.6) is 11.5 Å². The van der Waals surface area contributed by atoms with Crippen molar-refractivity contribution >= 4 is 39.1 Å². The van der Waals surface area contributed by atoms with E-state index in [2.05, 4.69) is 27.6 Å². The van der Waals surface area contributed by atoms with E-state index in [-0.39, 0.29) is 0 Å². The molecule has 0 bridgehead atoms. The molecule has 3 rings (SSSR count). The fraction of sp³-hybridized carbons (Fsp3) is 0. The van der Waals surface area contributed by atoms with Crippen molar-refractivity contribution in [2.45, 2.75) is 0 Å². The molecule has 3 nitrogen and oxygen atoms in total. The molecule has 0 atom stereocenters. The van der Waals surface area contributed by atoms with Gasteiger partial charge in [-0.3, -0.25) is 4.98 Å². The lowest BCUT2D eigenvalue weighted by atomic mass is 10.1. The van der Waals surface area contributed by atoms with Crippen molar-refractivity contribution in [3.63, 3.8) is 0 Å². The summed E-state index contributed by atoms with van der Waals surface area (Å²) in [5, 5.41) is 1.87. The van der Waals surface area contributed by atoms with Gasteiger partial charge in [0, 0.05) is 32.4 Å². The smallest absolute Gasteiger partial charge is 0.135 e. The maximum absolute atomic E-state index is 5.94. The number of halogens is 1. The van der Waals surface area contributed by atoms with Crippen molar-refractivity contribution < 1.29 is 4.74 Å². The first kappa shape index (κ1) is 12.2. The molecular weight excluding hydrogens is 351 g/mol. The molecule has 0 radical (unpaired) electrons. The molecule has 0 aliphatic heterocycles. The first-order chi connectivity index (χ1) is 9.24. The molecule has 0 aliphatic carbocycles. The fourth-order valence-electron chi connectivity index (χ4n) is 1.90. The summed E-state index contributed by atoms with van der Waals surface area (Å²) >= 11 is 2.27. The summed E-state index contributed by atoms with van der Waals surface area (Å²) in [5.74, 6) is 1.59. The Morgan fingerprint density at radius 1 is 0.947 bits per heavy atom. The molecule has 0 saturated carbocycles. The molecular formula is C15H11IN2O. The van der Waals surface area contributed by atoms with Crippen LogP contribution in [0.2, 0.25) is 0 Å². The third kappa shape index (κ3) is 2.49. The predicted octanol–water partition coefficient (Wildman–Crippen LogP) is 4.21. The predicted molar refractivity (Wildman–Crippen MR) is 85.4 cm³/mol. The number of ether oxygens (including phenoxy) is 1.